The van der Waals surface area contributed by atoms with Gasteiger partial charge in [-0.3, -0.25) is 0 Å². The van der Waals surface area contributed by atoms with Crippen LogP contribution in [0.2, 0.25) is 0 Å². The Balaban J connectivity index is 1.84. The minimum absolute atomic E-state index is 0.567. The molecule has 1 aliphatic carbocycles. The molecule has 5 heteroatoms. The Morgan fingerprint density at radius 3 is 2.89 bits per heavy atom. The molecule has 0 radical (unpaired) electrons. The largest absolute Gasteiger partial charge is 0.381 e. The standard InChI is InChI=1S/C13H17N5/c1-10-6-7-11(8-10)15-12-4-2-3-5-13(12)18-9-14-16-17-18/h2-5,9-11,15H,6-8H2,1H3. The molecular weight excluding hydrogens is 226 g/mol. The van der Waals surface area contributed by atoms with E-state index in [9.17, 15) is 0 Å². The molecule has 2 aromatic rings. The van der Waals surface area contributed by atoms with E-state index in [1.165, 1.54) is 19.3 Å². The number of nitrogens with zero attached hydrogens (tertiary/aromatic N) is 4. The first-order chi connectivity index (χ1) is 8.83. The van der Waals surface area contributed by atoms with Gasteiger partial charge in [0.1, 0.15) is 6.33 Å². The second-order valence-corrected chi connectivity index (χ2v) is 5.03. The van der Waals surface area contributed by atoms with E-state index in [0.29, 0.717) is 6.04 Å². The van der Waals surface area contributed by atoms with E-state index in [0.717, 1.165) is 17.3 Å². The summed E-state index contributed by atoms with van der Waals surface area (Å²) in [6, 6.07) is 8.71. The SMILES string of the molecule is CC1CCC(Nc2ccccc2-n2cnnn2)C1. The fourth-order valence-electron chi connectivity index (χ4n) is 2.63. The normalized spacial score (nSPS) is 23.2. The number of aromatic nitrogens is 4. The molecule has 2 atom stereocenters. The quantitative estimate of drug-likeness (QED) is 0.898. The third-order valence-electron chi connectivity index (χ3n) is 3.55. The third kappa shape index (κ3) is 2.20. The summed E-state index contributed by atoms with van der Waals surface area (Å²) in [6.07, 6.45) is 5.41. The number of tetrazole rings is 1. The molecule has 1 fully saturated rings. The average molecular weight is 243 g/mol. The maximum Gasteiger partial charge on any atom is 0.143 e. The summed E-state index contributed by atoms with van der Waals surface area (Å²) in [5, 5.41) is 14.9. The van der Waals surface area contributed by atoms with E-state index < -0.39 is 0 Å². The number of rotatable bonds is 3. The predicted molar refractivity (Wildman–Crippen MR) is 69.6 cm³/mol. The smallest absolute Gasteiger partial charge is 0.143 e. The molecule has 1 saturated carbocycles. The molecular formula is C13H17N5. The van der Waals surface area contributed by atoms with Gasteiger partial charge in [-0.2, -0.15) is 4.68 Å². The molecule has 0 amide bonds. The van der Waals surface area contributed by atoms with Crippen LogP contribution < -0.4 is 5.32 Å². The summed E-state index contributed by atoms with van der Waals surface area (Å²) >= 11 is 0. The Bertz CT molecular complexity index is 508. The van der Waals surface area contributed by atoms with Crippen molar-refractivity contribution in [3.8, 4) is 5.69 Å². The van der Waals surface area contributed by atoms with Crippen LogP contribution in [0.5, 0.6) is 0 Å². The van der Waals surface area contributed by atoms with Crippen molar-refractivity contribution in [1.82, 2.24) is 20.2 Å². The van der Waals surface area contributed by atoms with Gasteiger partial charge in [0, 0.05) is 6.04 Å². The van der Waals surface area contributed by atoms with Crippen LogP contribution in [0.3, 0.4) is 0 Å². The molecule has 0 spiro atoms. The van der Waals surface area contributed by atoms with Crippen LogP contribution in [0, 0.1) is 5.92 Å². The molecule has 1 aromatic carbocycles. The zero-order valence-corrected chi connectivity index (χ0v) is 10.5. The van der Waals surface area contributed by atoms with E-state index in [-0.39, 0.29) is 0 Å². The highest BCUT2D eigenvalue weighted by molar-refractivity contribution is 5.60. The molecule has 1 N–H and O–H groups in total. The summed E-state index contributed by atoms with van der Waals surface area (Å²) < 4.78 is 1.70. The summed E-state index contributed by atoms with van der Waals surface area (Å²) in [7, 11) is 0. The van der Waals surface area contributed by atoms with Gasteiger partial charge < -0.3 is 5.32 Å². The number of hydrogen-bond acceptors (Lipinski definition) is 4. The molecule has 0 saturated heterocycles. The summed E-state index contributed by atoms with van der Waals surface area (Å²) in [5.74, 6) is 0.822. The maximum atomic E-state index is 3.95. The molecule has 5 nitrogen and oxygen atoms in total. The lowest BCUT2D eigenvalue weighted by atomic mass is 10.1. The van der Waals surface area contributed by atoms with E-state index in [1.807, 2.05) is 18.2 Å². The summed E-state index contributed by atoms with van der Waals surface area (Å²) in [4.78, 5) is 0. The van der Waals surface area contributed by atoms with Crippen molar-refractivity contribution in [2.24, 2.45) is 5.92 Å². The molecule has 0 aliphatic heterocycles. The first kappa shape index (κ1) is 11.2. The summed E-state index contributed by atoms with van der Waals surface area (Å²) in [5.41, 5.74) is 2.10. The molecule has 1 aliphatic rings. The zero-order chi connectivity index (χ0) is 12.4. The van der Waals surface area contributed by atoms with Crippen LogP contribution in [0.15, 0.2) is 30.6 Å². The van der Waals surface area contributed by atoms with Gasteiger partial charge in [0.05, 0.1) is 11.4 Å². The van der Waals surface area contributed by atoms with E-state index >= 15 is 0 Å². The summed E-state index contributed by atoms with van der Waals surface area (Å²) in [6.45, 7) is 2.31. The van der Waals surface area contributed by atoms with E-state index in [4.69, 9.17) is 0 Å². The number of hydrogen-bond donors (Lipinski definition) is 1. The highest BCUT2D eigenvalue weighted by Crippen LogP contribution is 2.29. The topological polar surface area (TPSA) is 55.6 Å². The van der Waals surface area contributed by atoms with Gasteiger partial charge in [0.15, 0.2) is 0 Å². The minimum Gasteiger partial charge on any atom is -0.381 e. The van der Waals surface area contributed by atoms with Gasteiger partial charge in [0.2, 0.25) is 0 Å². The van der Waals surface area contributed by atoms with Crippen molar-refractivity contribution in [1.29, 1.82) is 0 Å². The zero-order valence-electron chi connectivity index (χ0n) is 10.5. The molecule has 3 rings (SSSR count). The van der Waals surface area contributed by atoms with Crippen LogP contribution in [0.1, 0.15) is 26.2 Å². The van der Waals surface area contributed by atoms with Crippen molar-refractivity contribution >= 4 is 5.69 Å². The second-order valence-electron chi connectivity index (χ2n) is 5.03. The first-order valence-electron chi connectivity index (χ1n) is 6.42. The molecule has 1 heterocycles. The van der Waals surface area contributed by atoms with E-state index in [2.05, 4.69) is 33.8 Å². The lowest BCUT2D eigenvalue weighted by molar-refractivity contribution is 0.602. The molecule has 1 aromatic heterocycles. The molecule has 18 heavy (non-hydrogen) atoms. The highest BCUT2D eigenvalue weighted by atomic mass is 15.5. The van der Waals surface area contributed by atoms with Gasteiger partial charge in [-0.25, -0.2) is 0 Å². The van der Waals surface area contributed by atoms with Gasteiger partial charge in [0.25, 0.3) is 0 Å². The Morgan fingerprint density at radius 1 is 1.28 bits per heavy atom. The Morgan fingerprint density at radius 2 is 2.17 bits per heavy atom. The van der Waals surface area contributed by atoms with Crippen LogP contribution in [-0.4, -0.2) is 26.2 Å². The maximum absolute atomic E-state index is 3.95. The fourth-order valence-corrected chi connectivity index (χ4v) is 2.63. The van der Waals surface area contributed by atoms with Crippen LogP contribution in [0.25, 0.3) is 5.69 Å². The van der Waals surface area contributed by atoms with E-state index in [1.54, 1.807) is 11.0 Å². The highest BCUT2D eigenvalue weighted by Gasteiger charge is 2.21. The van der Waals surface area contributed by atoms with Crippen molar-refractivity contribution in [3.05, 3.63) is 30.6 Å². The van der Waals surface area contributed by atoms with Crippen molar-refractivity contribution in [3.63, 3.8) is 0 Å². The van der Waals surface area contributed by atoms with Crippen LogP contribution in [0.4, 0.5) is 5.69 Å². The Labute approximate surface area is 106 Å². The van der Waals surface area contributed by atoms with Crippen molar-refractivity contribution in [2.45, 2.75) is 32.2 Å². The minimum atomic E-state index is 0.567. The average Bonchev–Trinajstić information content (AvgIpc) is 3.02. The Hall–Kier alpha value is -1.91. The lowest BCUT2D eigenvalue weighted by Crippen LogP contribution is -2.16. The molecule has 94 valence electrons. The number of para-hydroxylation sites is 2. The van der Waals surface area contributed by atoms with Gasteiger partial charge in [-0.05, 0) is 47.7 Å². The fraction of sp³-hybridized carbons (Fsp3) is 0.462. The lowest BCUT2D eigenvalue weighted by Gasteiger charge is -2.16. The third-order valence-corrected chi connectivity index (χ3v) is 3.55. The number of benzene rings is 1. The first-order valence-corrected chi connectivity index (χ1v) is 6.42. The van der Waals surface area contributed by atoms with Gasteiger partial charge >= 0.3 is 0 Å². The van der Waals surface area contributed by atoms with Gasteiger partial charge in [-0.1, -0.05) is 19.1 Å². The second kappa shape index (κ2) is 4.76. The number of nitrogens with one attached hydrogen (secondary N) is 1. The molecule has 0 bridgehead atoms. The monoisotopic (exact) mass is 243 g/mol. The Kier molecular flexibility index (Phi) is 2.96. The van der Waals surface area contributed by atoms with Gasteiger partial charge in [-0.15, -0.1) is 5.10 Å². The van der Waals surface area contributed by atoms with Crippen LogP contribution in [-0.2, 0) is 0 Å². The van der Waals surface area contributed by atoms with Crippen molar-refractivity contribution in [2.75, 3.05) is 5.32 Å². The molecule has 2 unspecified atom stereocenters. The number of anilines is 1. The van der Waals surface area contributed by atoms with Crippen molar-refractivity contribution < 1.29 is 0 Å². The van der Waals surface area contributed by atoms with Crippen LogP contribution >= 0.6 is 0 Å². The predicted octanol–water partition coefficient (Wildman–Crippen LogP) is 2.26.